The van der Waals surface area contributed by atoms with E-state index in [-0.39, 0.29) is 0 Å². The fourth-order valence-corrected chi connectivity index (χ4v) is 6.61. The number of rotatable bonds is 8. The van der Waals surface area contributed by atoms with Crippen molar-refractivity contribution < 1.29 is 40.0 Å². The summed E-state index contributed by atoms with van der Waals surface area (Å²) in [5.74, 6) is -0.0552. The molecule has 0 saturated carbocycles. The zero-order chi connectivity index (χ0) is 29.0. The zero-order valence-corrected chi connectivity index (χ0v) is 24.3. The minimum atomic E-state index is -4.37. The highest BCUT2D eigenvalue weighted by molar-refractivity contribution is 7.86. The molecule has 0 spiro atoms. The zero-order valence-electron chi connectivity index (χ0n) is 22.7. The van der Waals surface area contributed by atoms with Gasteiger partial charge in [0.15, 0.2) is 11.6 Å². The Morgan fingerprint density at radius 1 is 0.872 bits per heavy atom. The van der Waals surface area contributed by atoms with Gasteiger partial charge >= 0.3 is 10.1 Å². The lowest BCUT2D eigenvalue weighted by Crippen LogP contribution is -2.31. The predicted octanol–water partition coefficient (Wildman–Crippen LogP) is 4.01. The van der Waals surface area contributed by atoms with E-state index >= 15 is 0 Å². The summed E-state index contributed by atoms with van der Waals surface area (Å²) >= 11 is 0. The third kappa shape index (κ3) is 5.46. The second-order valence-electron chi connectivity index (χ2n) is 10.6. The van der Waals surface area contributed by atoms with E-state index < -0.39 is 42.8 Å². The first-order valence-electron chi connectivity index (χ1n) is 12.1. The van der Waals surface area contributed by atoms with Crippen molar-refractivity contribution in [3.8, 4) is 11.5 Å². The van der Waals surface area contributed by atoms with Crippen LogP contribution in [0, 0.1) is 0 Å². The van der Waals surface area contributed by atoms with Crippen molar-refractivity contribution in [2.75, 3.05) is 30.9 Å². The number of hydrogen-bond donors (Lipinski definition) is 2. The Balaban J connectivity index is 1.85. The Morgan fingerprint density at radius 3 is 2.03 bits per heavy atom. The number of allylic oxidation sites excluding steroid dienone is 4. The van der Waals surface area contributed by atoms with Crippen molar-refractivity contribution >= 4 is 37.3 Å². The first-order chi connectivity index (χ1) is 18.0. The van der Waals surface area contributed by atoms with E-state index in [1.807, 2.05) is 39.8 Å². The van der Waals surface area contributed by atoms with Crippen molar-refractivity contribution in [3.05, 3.63) is 71.5 Å². The monoisotopic (exact) mass is 577 g/mol. The smallest absolute Gasteiger partial charge is 0.326 e. The van der Waals surface area contributed by atoms with E-state index in [2.05, 4.69) is 0 Å². The average molecular weight is 578 g/mol. The molecule has 0 aliphatic carbocycles. The number of nitrogens with zero attached hydrogens (tertiary/aromatic N) is 2. The van der Waals surface area contributed by atoms with Crippen LogP contribution < -0.4 is 14.4 Å². The summed E-state index contributed by atoms with van der Waals surface area (Å²) in [7, 11) is -5.65. The van der Waals surface area contributed by atoms with Crippen LogP contribution >= 0.6 is 0 Å². The molecular formula is C27H33N2O8S2+. The van der Waals surface area contributed by atoms with Gasteiger partial charge < -0.3 is 14.4 Å². The van der Waals surface area contributed by atoms with Crippen molar-refractivity contribution in [2.45, 2.75) is 38.5 Å². The maximum Gasteiger partial charge on any atom is 0.326 e. The Morgan fingerprint density at radius 2 is 1.46 bits per heavy atom. The van der Waals surface area contributed by atoms with Crippen LogP contribution in [0.4, 0.5) is 11.4 Å². The van der Waals surface area contributed by atoms with Gasteiger partial charge in [0.25, 0.3) is 16.0 Å². The van der Waals surface area contributed by atoms with E-state index in [1.54, 1.807) is 56.7 Å². The minimum Gasteiger partial charge on any atom is -0.497 e. The summed E-state index contributed by atoms with van der Waals surface area (Å²) in [6, 6.07) is 10.6. The number of fused-ring (bicyclic) bond motifs is 2. The van der Waals surface area contributed by atoms with Gasteiger partial charge in [-0.2, -0.15) is 21.4 Å². The number of methoxy groups -OCH3 is 2. The Kier molecular flexibility index (Phi) is 7.22. The van der Waals surface area contributed by atoms with Crippen LogP contribution in [-0.2, 0) is 31.1 Å². The molecule has 0 amide bonds. The predicted molar refractivity (Wildman–Crippen MR) is 150 cm³/mol. The highest BCUT2D eigenvalue weighted by Gasteiger charge is 2.46. The number of ether oxygens (including phenoxy) is 2. The van der Waals surface area contributed by atoms with Gasteiger partial charge in [0.1, 0.15) is 11.5 Å². The molecule has 2 N–H and O–H groups in total. The summed E-state index contributed by atoms with van der Waals surface area (Å²) in [4.78, 5) is 1.54. The SMILES string of the molecule is COc1ccc2c(c1)C(C)(C)C(=CC=CC1=[N+](CS(=O)(=O)O)c3ccc(OC)cc3C1(C)C)N2CS(=O)(=O)O. The van der Waals surface area contributed by atoms with Crippen molar-refractivity contribution in [1.82, 2.24) is 0 Å². The third-order valence-electron chi connectivity index (χ3n) is 7.29. The van der Waals surface area contributed by atoms with E-state index in [9.17, 15) is 25.9 Å². The fraction of sp³-hybridized carbons (Fsp3) is 0.370. The normalized spacial score (nSPS) is 19.1. The summed E-state index contributed by atoms with van der Waals surface area (Å²) in [6.45, 7) is 7.76. The van der Waals surface area contributed by atoms with Crippen molar-refractivity contribution in [3.63, 3.8) is 0 Å². The molecule has 0 atom stereocenters. The second-order valence-corrected chi connectivity index (χ2v) is 13.4. The molecule has 2 aromatic carbocycles. The number of hydrogen-bond acceptors (Lipinski definition) is 7. The van der Waals surface area contributed by atoms with E-state index in [0.717, 1.165) is 11.1 Å². The lowest BCUT2D eigenvalue weighted by molar-refractivity contribution is -0.416. The average Bonchev–Trinajstić information content (AvgIpc) is 3.15. The van der Waals surface area contributed by atoms with E-state index in [0.29, 0.717) is 34.3 Å². The number of anilines is 1. The fourth-order valence-electron chi connectivity index (χ4n) is 5.40. The summed E-state index contributed by atoms with van der Waals surface area (Å²) < 4.78 is 79.4. The van der Waals surface area contributed by atoms with Crippen LogP contribution in [-0.4, -0.2) is 62.2 Å². The standard InChI is InChI=1S/C27H32N2O8S2/c1-26(2)20-14-18(36-5)10-12-22(20)28(16-38(30,31)32)24(26)8-7-9-25-27(3,4)21-15-19(37-6)11-13-23(21)29(25)17-39(33,34)35/h7-15H,16-17H2,1-6H3,(H-,30,31,32,33,34,35)/p+1. The lowest BCUT2D eigenvalue weighted by atomic mass is 9.81. The van der Waals surface area contributed by atoms with Crippen LogP contribution in [0.5, 0.6) is 11.5 Å². The first kappa shape index (κ1) is 28.8. The lowest BCUT2D eigenvalue weighted by Gasteiger charge is -2.25. The molecule has 0 bridgehead atoms. The minimum absolute atomic E-state index is 0.608. The Hall–Kier alpha value is -3.19. The molecule has 0 unspecified atom stereocenters. The van der Waals surface area contributed by atoms with Gasteiger partial charge in [0.2, 0.25) is 5.69 Å². The van der Waals surface area contributed by atoms with Crippen molar-refractivity contribution in [1.29, 1.82) is 0 Å². The summed E-state index contributed by atoms with van der Waals surface area (Å²) in [5, 5.41) is 0. The van der Waals surface area contributed by atoms with Gasteiger partial charge in [-0.05, 0) is 55.8 Å². The van der Waals surface area contributed by atoms with Crippen LogP contribution in [0.2, 0.25) is 0 Å². The van der Waals surface area contributed by atoms with E-state index in [1.165, 1.54) is 9.48 Å². The van der Waals surface area contributed by atoms with Crippen LogP contribution in [0.15, 0.2) is 60.3 Å². The molecule has 39 heavy (non-hydrogen) atoms. The molecule has 2 aliphatic rings. The van der Waals surface area contributed by atoms with Gasteiger partial charge in [0.05, 0.1) is 19.6 Å². The molecule has 12 heteroatoms. The molecular weight excluding hydrogens is 544 g/mol. The summed E-state index contributed by atoms with van der Waals surface area (Å²) in [6.07, 6.45) is 5.21. The quantitative estimate of drug-likeness (QED) is 0.353. The van der Waals surface area contributed by atoms with Gasteiger partial charge in [-0.1, -0.05) is 19.9 Å². The van der Waals surface area contributed by atoms with Crippen LogP contribution in [0.25, 0.3) is 0 Å². The van der Waals surface area contributed by atoms with Crippen molar-refractivity contribution in [2.24, 2.45) is 0 Å². The Bertz CT molecular complexity index is 1640. The summed E-state index contributed by atoms with van der Waals surface area (Å²) in [5.41, 5.74) is 2.81. The number of benzene rings is 2. The second kappa shape index (κ2) is 9.77. The largest absolute Gasteiger partial charge is 0.497 e. The molecule has 2 aromatic rings. The molecule has 2 aliphatic heterocycles. The highest BCUT2D eigenvalue weighted by atomic mass is 32.2. The molecule has 2 heterocycles. The van der Waals surface area contributed by atoms with Gasteiger partial charge in [0, 0.05) is 34.5 Å². The molecule has 0 aromatic heterocycles. The molecule has 210 valence electrons. The van der Waals surface area contributed by atoms with Gasteiger partial charge in [-0.3, -0.25) is 9.11 Å². The van der Waals surface area contributed by atoms with Gasteiger partial charge in [-0.25, -0.2) is 0 Å². The molecule has 10 nitrogen and oxygen atoms in total. The maximum atomic E-state index is 11.9. The van der Waals surface area contributed by atoms with Crippen LogP contribution in [0.3, 0.4) is 0 Å². The molecule has 4 rings (SSSR count). The van der Waals surface area contributed by atoms with Crippen LogP contribution in [0.1, 0.15) is 38.8 Å². The molecule has 0 saturated heterocycles. The molecule has 0 radical (unpaired) electrons. The molecule has 0 fully saturated rings. The maximum absolute atomic E-state index is 11.9. The van der Waals surface area contributed by atoms with Gasteiger partial charge in [-0.15, -0.1) is 0 Å². The first-order valence-corrected chi connectivity index (χ1v) is 15.3. The highest BCUT2D eigenvalue weighted by Crippen LogP contribution is 2.49. The third-order valence-corrected chi connectivity index (χ3v) is 8.46. The Labute approximate surface area is 229 Å². The topological polar surface area (TPSA) is 133 Å². The van der Waals surface area contributed by atoms with E-state index in [4.69, 9.17) is 9.47 Å².